The highest BCUT2D eigenvalue weighted by Crippen LogP contribution is 2.34. The minimum atomic E-state index is -0.895. The second kappa shape index (κ2) is 12.4. The second-order valence-electron chi connectivity index (χ2n) is 7.47. The number of ketones is 1. The Labute approximate surface area is 186 Å². The van der Waals surface area contributed by atoms with E-state index in [1.807, 2.05) is 6.92 Å². The molecule has 1 amide bonds. The van der Waals surface area contributed by atoms with Gasteiger partial charge in [-0.1, -0.05) is 6.92 Å². The fraction of sp³-hybridized carbons (Fsp3) is 0.667. The van der Waals surface area contributed by atoms with E-state index in [0.29, 0.717) is 12.1 Å². The number of aryl methyl sites for hydroxylation is 1. The van der Waals surface area contributed by atoms with Crippen LogP contribution in [0, 0.1) is 6.92 Å². The Hall–Kier alpha value is -2.63. The van der Waals surface area contributed by atoms with Gasteiger partial charge in [-0.3, -0.25) is 19.0 Å². The summed E-state index contributed by atoms with van der Waals surface area (Å²) < 4.78 is 24.1. The maximum absolute atomic E-state index is 12.5. The zero-order valence-electron chi connectivity index (χ0n) is 18.9. The van der Waals surface area contributed by atoms with Gasteiger partial charge in [0.2, 0.25) is 5.91 Å². The van der Waals surface area contributed by atoms with Crippen LogP contribution in [0.2, 0.25) is 0 Å². The molecule has 1 N–H and O–H groups in total. The summed E-state index contributed by atoms with van der Waals surface area (Å²) in [6, 6.07) is 1.66. The van der Waals surface area contributed by atoms with Crippen LogP contribution < -0.4 is 11.0 Å². The normalized spacial score (nSPS) is 22.5. The Morgan fingerprint density at radius 2 is 1.97 bits per heavy atom. The number of rotatable bonds is 12. The minimum absolute atomic E-state index is 0.00977. The number of nitrogens with zero attached hydrogens (tertiary/aromatic N) is 2. The largest absolute Gasteiger partial charge is 0.457 e. The van der Waals surface area contributed by atoms with Gasteiger partial charge in [0, 0.05) is 31.8 Å². The highest BCUT2D eigenvalue weighted by molar-refractivity contribution is 5.81. The molecule has 1 aromatic rings. The van der Waals surface area contributed by atoms with E-state index in [9.17, 15) is 19.2 Å². The van der Waals surface area contributed by atoms with Crippen molar-refractivity contribution in [1.82, 2.24) is 14.9 Å². The molecule has 1 fully saturated rings. The predicted molar refractivity (Wildman–Crippen MR) is 112 cm³/mol. The third kappa shape index (κ3) is 7.21. The number of carbonyl (C=O) groups excluding carboxylic acids is 3. The Kier molecular flexibility index (Phi) is 9.95. The molecule has 4 atom stereocenters. The summed E-state index contributed by atoms with van der Waals surface area (Å²) in [6.07, 6.45) is -0.961. The Morgan fingerprint density at radius 1 is 1.22 bits per heavy atom. The van der Waals surface area contributed by atoms with E-state index in [1.165, 1.54) is 18.5 Å². The highest BCUT2D eigenvalue weighted by Gasteiger charge is 2.48. The van der Waals surface area contributed by atoms with Gasteiger partial charge in [0.15, 0.2) is 12.3 Å². The molecule has 178 valence electrons. The summed E-state index contributed by atoms with van der Waals surface area (Å²) in [5, 5.41) is 2.45. The van der Waals surface area contributed by atoms with Crippen LogP contribution in [0.3, 0.4) is 0 Å². The summed E-state index contributed by atoms with van der Waals surface area (Å²) in [5.41, 5.74) is 0.0287. The van der Waals surface area contributed by atoms with Gasteiger partial charge in [-0.05, 0) is 26.3 Å². The number of Topliss-reactive ketones (excluding diaryl/α,β-unsaturated/α-hetero) is 1. The quantitative estimate of drug-likeness (QED) is 0.275. The van der Waals surface area contributed by atoms with Crippen molar-refractivity contribution in [3.63, 3.8) is 0 Å². The molecule has 0 aliphatic carbocycles. The summed E-state index contributed by atoms with van der Waals surface area (Å²) in [6.45, 7) is 5.00. The zero-order valence-corrected chi connectivity index (χ0v) is 18.9. The van der Waals surface area contributed by atoms with Crippen LogP contribution in [0.15, 0.2) is 17.1 Å². The number of amides is 1. The number of hydrogen-bond acceptors (Lipinski definition) is 9. The fourth-order valence-electron chi connectivity index (χ4n) is 3.22. The predicted octanol–water partition coefficient (Wildman–Crippen LogP) is 0.636. The van der Waals surface area contributed by atoms with Crippen LogP contribution in [-0.4, -0.2) is 66.0 Å². The van der Waals surface area contributed by atoms with Gasteiger partial charge < -0.3 is 24.3 Å². The van der Waals surface area contributed by atoms with E-state index in [-0.39, 0.29) is 44.4 Å². The molecule has 1 unspecified atom stereocenters. The fourth-order valence-corrected chi connectivity index (χ4v) is 3.22. The lowest BCUT2D eigenvalue weighted by molar-refractivity contribution is -0.168. The van der Waals surface area contributed by atoms with Gasteiger partial charge in [0.05, 0.1) is 19.1 Å². The molecule has 32 heavy (non-hydrogen) atoms. The first-order valence-electron chi connectivity index (χ1n) is 10.6. The Morgan fingerprint density at radius 3 is 2.59 bits per heavy atom. The second-order valence-corrected chi connectivity index (χ2v) is 7.47. The van der Waals surface area contributed by atoms with Crippen LogP contribution in [0.5, 0.6) is 0 Å². The lowest BCUT2D eigenvalue weighted by Gasteiger charge is -2.25. The summed E-state index contributed by atoms with van der Waals surface area (Å²) in [7, 11) is 1.49. The average molecular weight is 453 g/mol. The van der Waals surface area contributed by atoms with Crippen molar-refractivity contribution in [2.75, 3.05) is 20.4 Å². The summed E-state index contributed by atoms with van der Waals surface area (Å²) >= 11 is 0. The molecule has 1 aliphatic heterocycles. The molecule has 1 saturated heterocycles. The van der Waals surface area contributed by atoms with E-state index < -0.39 is 36.2 Å². The first kappa shape index (κ1) is 25.6. The molecule has 0 radical (unpaired) electrons. The first-order valence-corrected chi connectivity index (χ1v) is 10.6. The molecule has 1 aromatic heterocycles. The van der Waals surface area contributed by atoms with E-state index in [2.05, 4.69) is 10.3 Å². The monoisotopic (exact) mass is 453 g/mol. The van der Waals surface area contributed by atoms with E-state index in [1.54, 1.807) is 19.2 Å². The van der Waals surface area contributed by atoms with E-state index in [4.69, 9.17) is 18.9 Å². The first-order chi connectivity index (χ1) is 15.3. The van der Waals surface area contributed by atoms with Crippen molar-refractivity contribution < 1.29 is 33.3 Å². The van der Waals surface area contributed by atoms with Crippen molar-refractivity contribution in [3.05, 3.63) is 28.4 Å². The van der Waals surface area contributed by atoms with E-state index in [0.717, 1.165) is 0 Å². The molecule has 2 rings (SSSR count). The van der Waals surface area contributed by atoms with Crippen molar-refractivity contribution in [2.45, 2.75) is 71.0 Å². The molecule has 0 bridgehead atoms. The number of hydrogen-bond donors (Lipinski definition) is 1. The van der Waals surface area contributed by atoms with Crippen molar-refractivity contribution in [3.8, 4) is 0 Å². The van der Waals surface area contributed by atoms with Crippen LogP contribution in [-0.2, 0) is 33.3 Å². The number of carbonyl (C=O) groups is 3. The topological polar surface area (TPSA) is 135 Å². The third-order valence-corrected chi connectivity index (χ3v) is 4.98. The molecule has 0 spiro atoms. The summed E-state index contributed by atoms with van der Waals surface area (Å²) in [4.78, 5) is 51.3. The average Bonchev–Trinajstić information content (AvgIpc) is 3.08. The van der Waals surface area contributed by atoms with Crippen LogP contribution in [0.25, 0.3) is 0 Å². The molecule has 0 saturated carbocycles. The molecule has 2 heterocycles. The lowest BCUT2D eigenvalue weighted by Crippen LogP contribution is -2.40. The van der Waals surface area contributed by atoms with Gasteiger partial charge in [-0.15, -0.1) is 0 Å². The van der Waals surface area contributed by atoms with Gasteiger partial charge in [0.1, 0.15) is 18.7 Å². The van der Waals surface area contributed by atoms with Crippen molar-refractivity contribution >= 4 is 17.7 Å². The maximum atomic E-state index is 12.5. The number of ether oxygens (including phenoxy) is 4. The number of esters is 1. The SMILES string of the molecule is CC[C@H]1O[C@@H](n2ccc(C)nc2=O)[C@@H](OCOCCC(C)=O)C1OC(=O)CCC(=O)NC. The molecular formula is C21H31N3O8. The standard InChI is InChI=1S/C21H31N3O8/c1-5-15-18(32-17(27)7-6-16(26)22-4)19(30-12-29-11-9-14(3)25)20(31-15)24-10-8-13(2)23-21(24)28/h8,10,15,18-20H,5-7,9,11-12H2,1-4H3,(H,22,26)/t15-,18?,19+,20-/m1/s1. The van der Waals surface area contributed by atoms with Crippen molar-refractivity contribution in [2.24, 2.45) is 0 Å². The number of nitrogens with one attached hydrogen (secondary N) is 1. The third-order valence-electron chi connectivity index (χ3n) is 4.98. The lowest BCUT2D eigenvalue weighted by atomic mass is 10.1. The molecule has 11 heteroatoms. The Balaban J connectivity index is 2.18. The smallest absolute Gasteiger partial charge is 0.349 e. The maximum Gasteiger partial charge on any atom is 0.349 e. The summed E-state index contributed by atoms with van der Waals surface area (Å²) in [5.74, 6) is -0.876. The minimum Gasteiger partial charge on any atom is -0.457 e. The highest BCUT2D eigenvalue weighted by atomic mass is 16.7. The molecule has 0 aromatic carbocycles. The van der Waals surface area contributed by atoms with Crippen LogP contribution in [0.4, 0.5) is 0 Å². The van der Waals surface area contributed by atoms with Crippen LogP contribution >= 0.6 is 0 Å². The molecular weight excluding hydrogens is 422 g/mol. The Bertz CT molecular complexity index is 856. The van der Waals surface area contributed by atoms with Crippen LogP contribution in [0.1, 0.15) is 51.5 Å². The molecule has 11 nitrogen and oxygen atoms in total. The van der Waals surface area contributed by atoms with Gasteiger partial charge in [-0.25, -0.2) is 4.79 Å². The van der Waals surface area contributed by atoms with E-state index >= 15 is 0 Å². The van der Waals surface area contributed by atoms with Gasteiger partial charge >= 0.3 is 11.7 Å². The van der Waals surface area contributed by atoms with Crippen molar-refractivity contribution in [1.29, 1.82) is 0 Å². The van der Waals surface area contributed by atoms with Gasteiger partial charge in [0.25, 0.3) is 0 Å². The number of aromatic nitrogens is 2. The van der Waals surface area contributed by atoms with Gasteiger partial charge in [-0.2, -0.15) is 4.98 Å². The zero-order chi connectivity index (χ0) is 23.7. The molecule has 1 aliphatic rings.